The van der Waals surface area contributed by atoms with E-state index < -0.39 is 12.0 Å². The summed E-state index contributed by atoms with van der Waals surface area (Å²) < 4.78 is 0. The van der Waals surface area contributed by atoms with Gasteiger partial charge in [-0.1, -0.05) is 6.92 Å². The molecule has 3 N–H and O–H groups in total. The first kappa shape index (κ1) is 14.3. The largest absolute Gasteiger partial charge is 0.480 e. The van der Waals surface area contributed by atoms with Gasteiger partial charge in [-0.15, -0.1) is 0 Å². The van der Waals surface area contributed by atoms with E-state index in [1.165, 1.54) is 4.90 Å². The van der Waals surface area contributed by atoms with Gasteiger partial charge < -0.3 is 20.6 Å². The first-order valence-electron chi connectivity index (χ1n) is 6.07. The number of carboxylic acids is 1. The zero-order valence-corrected chi connectivity index (χ0v) is 10.4. The van der Waals surface area contributed by atoms with Crippen LogP contribution >= 0.6 is 0 Å². The number of nitrogens with zero attached hydrogens (tertiary/aromatic N) is 1. The van der Waals surface area contributed by atoms with Gasteiger partial charge >= 0.3 is 12.0 Å². The number of hydrogen-bond acceptors (Lipinski definition) is 3. The Bertz CT molecular complexity index is 328. The van der Waals surface area contributed by atoms with Crippen molar-refractivity contribution in [3.8, 4) is 0 Å². The van der Waals surface area contributed by atoms with Crippen molar-refractivity contribution in [2.75, 3.05) is 19.6 Å². The number of urea groups is 1. The molecule has 1 saturated carbocycles. The summed E-state index contributed by atoms with van der Waals surface area (Å²) in [6.45, 7) is 2.05. The molecule has 0 aromatic heterocycles. The van der Waals surface area contributed by atoms with E-state index in [-0.39, 0.29) is 25.0 Å². The summed E-state index contributed by atoms with van der Waals surface area (Å²) in [6.07, 6.45) is 2.47. The smallest absolute Gasteiger partial charge is 0.323 e. The lowest BCUT2D eigenvalue weighted by atomic mass is 10.4. The maximum Gasteiger partial charge on any atom is 0.323 e. The monoisotopic (exact) mass is 257 g/mol. The third kappa shape index (κ3) is 5.03. The molecule has 102 valence electrons. The molecule has 0 bridgehead atoms. The Morgan fingerprint density at radius 3 is 2.44 bits per heavy atom. The Hall–Kier alpha value is -1.79. The number of carboxylic acid groups (broad SMARTS) is 1. The molecule has 0 unspecified atom stereocenters. The fourth-order valence-corrected chi connectivity index (χ4v) is 1.48. The van der Waals surface area contributed by atoms with Gasteiger partial charge in [0.2, 0.25) is 5.91 Å². The van der Waals surface area contributed by atoms with Gasteiger partial charge in [0, 0.05) is 12.6 Å². The molecule has 1 rings (SSSR count). The van der Waals surface area contributed by atoms with E-state index in [1.807, 2.05) is 6.92 Å². The molecule has 0 heterocycles. The summed E-state index contributed by atoms with van der Waals surface area (Å²) in [7, 11) is 0. The van der Waals surface area contributed by atoms with Crippen LogP contribution in [0.4, 0.5) is 4.79 Å². The van der Waals surface area contributed by atoms with Crippen molar-refractivity contribution in [3.63, 3.8) is 0 Å². The minimum Gasteiger partial charge on any atom is -0.480 e. The van der Waals surface area contributed by atoms with Crippen LogP contribution in [0.3, 0.4) is 0 Å². The van der Waals surface area contributed by atoms with E-state index in [4.69, 9.17) is 5.11 Å². The van der Waals surface area contributed by atoms with Crippen molar-refractivity contribution >= 4 is 17.9 Å². The second kappa shape index (κ2) is 6.83. The van der Waals surface area contributed by atoms with E-state index in [1.54, 1.807) is 0 Å². The average Bonchev–Trinajstić information content (AvgIpc) is 3.14. The molecule has 18 heavy (non-hydrogen) atoms. The minimum atomic E-state index is -1.05. The average molecular weight is 257 g/mol. The van der Waals surface area contributed by atoms with Crippen LogP contribution < -0.4 is 10.6 Å². The molecular formula is C11H19N3O4. The Balaban J connectivity index is 2.32. The molecule has 7 heteroatoms. The van der Waals surface area contributed by atoms with Gasteiger partial charge in [-0.2, -0.15) is 0 Å². The number of amides is 3. The van der Waals surface area contributed by atoms with Crippen LogP contribution in [0.5, 0.6) is 0 Å². The molecular weight excluding hydrogens is 238 g/mol. The Morgan fingerprint density at radius 1 is 1.28 bits per heavy atom. The van der Waals surface area contributed by atoms with Crippen molar-refractivity contribution in [2.45, 2.75) is 32.2 Å². The summed E-state index contributed by atoms with van der Waals surface area (Å²) in [5.74, 6) is -1.32. The second-order valence-electron chi connectivity index (χ2n) is 4.26. The molecule has 0 saturated heterocycles. The molecule has 0 aliphatic heterocycles. The standard InChI is InChI=1S/C11H19N3O4/c1-2-5-12-9(15)6-13-11(18)14(7-10(16)17)8-3-4-8/h8H,2-7H2,1H3,(H,12,15)(H,13,18)(H,16,17). The molecule has 3 amide bonds. The number of nitrogens with one attached hydrogen (secondary N) is 2. The lowest BCUT2D eigenvalue weighted by Crippen LogP contribution is -2.47. The Morgan fingerprint density at radius 2 is 1.94 bits per heavy atom. The number of carbonyl (C=O) groups excluding carboxylic acids is 2. The summed E-state index contributed by atoms with van der Waals surface area (Å²) >= 11 is 0. The van der Waals surface area contributed by atoms with Crippen molar-refractivity contribution in [1.82, 2.24) is 15.5 Å². The van der Waals surface area contributed by atoms with Crippen molar-refractivity contribution in [3.05, 3.63) is 0 Å². The van der Waals surface area contributed by atoms with Crippen LogP contribution in [0, 0.1) is 0 Å². The fraction of sp³-hybridized carbons (Fsp3) is 0.727. The normalized spacial score (nSPS) is 13.8. The fourth-order valence-electron chi connectivity index (χ4n) is 1.48. The van der Waals surface area contributed by atoms with E-state index >= 15 is 0 Å². The predicted molar refractivity (Wildman–Crippen MR) is 64.1 cm³/mol. The van der Waals surface area contributed by atoms with Crippen molar-refractivity contribution in [1.29, 1.82) is 0 Å². The highest BCUT2D eigenvalue weighted by Crippen LogP contribution is 2.26. The van der Waals surface area contributed by atoms with Gasteiger partial charge in [0.25, 0.3) is 0 Å². The number of rotatable bonds is 7. The Kier molecular flexibility index (Phi) is 5.41. The third-order valence-electron chi connectivity index (χ3n) is 2.53. The number of hydrogen-bond donors (Lipinski definition) is 3. The van der Waals surface area contributed by atoms with Gasteiger partial charge in [0.15, 0.2) is 0 Å². The minimum absolute atomic E-state index is 0.000182. The van der Waals surface area contributed by atoms with Gasteiger partial charge in [-0.05, 0) is 19.3 Å². The molecule has 1 aliphatic carbocycles. The van der Waals surface area contributed by atoms with E-state index in [9.17, 15) is 14.4 Å². The molecule has 0 aromatic rings. The summed E-state index contributed by atoms with van der Waals surface area (Å²) in [5.41, 5.74) is 0. The maximum atomic E-state index is 11.7. The molecule has 1 aliphatic rings. The third-order valence-corrected chi connectivity index (χ3v) is 2.53. The predicted octanol–water partition coefficient (Wildman–Crippen LogP) is -0.229. The summed E-state index contributed by atoms with van der Waals surface area (Å²) in [4.78, 5) is 34.9. The molecule has 0 spiro atoms. The van der Waals surface area contributed by atoms with Gasteiger partial charge in [0.05, 0.1) is 6.54 Å². The van der Waals surface area contributed by atoms with E-state index in [0.29, 0.717) is 6.54 Å². The SMILES string of the molecule is CCCNC(=O)CNC(=O)N(CC(=O)O)C1CC1. The highest BCUT2D eigenvalue weighted by Gasteiger charge is 2.33. The molecule has 1 fully saturated rings. The number of aliphatic carboxylic acids is 1. The van der Waals surface area contributed by atoms with E-state index in [0.717, 1.165) is 19.3 Å². The molecule has 0 atom stereocenters. The lowest BCUT2D eigenvalue weighted by molar-refractivity contribution is -0.137. The van der Waals surface area contributed by atoms with Gasteiger partial charge in [-0.25, -0.2) is 4.79 Å². The van der Waals surface area contributed by atoms with Crippen LogP contribution in [0.2, 0.25) is 0 Å². The highest BCUT2D eigenvalue weighted by atomic mass is 16.4. The van der Waals surface area contributed by atoms with Crippen LogP contribution in [0.1, 0.15) is 26.2 Å². The van der Waals surface area contributed by atoms with Gasteiger partial charge in [0.1, 0.15) is 6.54 Å². The second-order valence-corrected chi connectivity index (χ2v) is 4.26. The zero-order valence-electron chi connectivity index (χ0n) is 10.4. The van der Waals surface area contributed by atoms with Crippen LogP contribution in [0.25, 0.3) is 0 Å². The van der Waals surface area contributed by atoms with Crippen LogP contribution in [-0.2, 0) is 9.59 Å². The summed E-state index contributed by atoms with van der Waals surface area (Å²) in [5, 5.41) is 13.8. The van der Waals surface area contributed by atoms with Crippen LogP contribution in [-0.4, -0.2) is 53.6 Å². The summed E-state index contributed by atoms with van der Waals surface area (Å²) in [6, 6.07) is -0.494. The van der Waals surface area contributed by atoms with Crippen molar-refractivity contribution in [2.24, 2.45) is 0 Å². The zero-order chi connectivity index (χ0) is 13.5. The molecule has 0 radical (unpaired) electrons. The van der Waals surface area contributed by atoms with Crippen molar-refractivity contribution < 1.29 is 19.5 Å². The first-order valence-corrected chi connectivity index (χ1v) is 6.07. The lowest BCUT2D eigenvalue weighted by Gasteiger charge is -2.20. The Labute approximate surface area is 106 Å². The number of carbonyl (C=O) groups is 3. The quantitative estimate of drug-likeness (QED) is 0.586. The molecule has 0 aromatic carbocycles. The topological polar surface area (TPSA) is 98.7 Å². The molecule has 7 nitrogen and oxygen atoms in total. The van der Waals surface area contributed by atoms with Gasteiger partial charge in [-0.3, -0.25) is 9.59 Å². The van der Waals surface area contributed by atoms with E-state index in [2.05, 4.69) is 10.6 Å². The highest BCUT2D eigenvalue weighted by molar-refractivity contribution is 5.85. The van der Waals surface area contributed by atoms with Crippen LogP contribution in [0.15, 0.2) is 0 Å². The first-order chi connectivity index (χ1) is 8.54. The maximum absolute atomic E-state index is 11.7.